The van der Waals surface area contributed by atoms with Crippen molar-refractivity contribution in [2.45, 2.75) is 65.3 Å². The van der Waals surface area contributed by atoms with E-state index in [4.69, 9.17) is 0 Å². The number of nitrogens with zero attached hydrogens (tertiary/aromatic N) is 2. The van der Waals surface area contributed by atoms with E-state index in [1.54, 1.807) is 0 Å². The minimum Gasteiger partial charge on any atom is -0.394 e. The maximum Gasteiger partial charge on any atom is 0.135 e. The highest BCUT2D eigenvalue weighted by Crippen LogP contribution is 2.23. The van der Waals surface area contributed by atoms with Crippen LogP contribution in [0.5, 0.6) is 0 Å². The first-order valence-electron chi connectivity index (χ1n) is 8.02. The summed E-state index contributed by atoms with van der Waals surface area (Å²) in [5.74, 6) is 2.71. The topological polar surface area (TPSA) is 70.1 Å². The van der Waals surface area contributed by atoms with Crippen molar-refractivity contribution in [3.8, 4) is 0 Å². The molecule has 0 aliphatic carbocycles. The van der Waals surface area contributed by atoms with Gasteiger partial charge in [0, 0.05) is 18.5 Å². The molecule has 1 heterocycles. The molecule has 0 aromatic carbocycles. The fraction of sp³-hybridized carbons (Fsp3) is 0.750. The van der Waals surface area contributed by atoms with Crippen LogP contribution in [-0.2, 0) is 0 Å². The second-order valence-corrected chi connectivity index (χ2v) is 5.85. The van der Waals surface area contributed by atoms with Crippen LogP contribution in [0.15, 0.2) is 6.07 Å². The van der Waals surface area contributed by atoms with Gasteiger partial charge in [-0.1, -0.05) is 34.6 Å². The first-order chi connectivity index (χ1) is 10.00. The molecule has 0 unspecified atom stereocenters. The summed E-state index contributed by atoms with van der Waals surface area (Å²) in [5.41, 5.74) is -0.315. The molecule has 0 aliphatic heterocycles. The molecule has 1 rings (SSSR count). The molecule has 0 aliphatic rings. The predicted octanol–water partition coefficient (Wildman–Crippen LogP) is 3.38. The Morgan fingerprint density at radius 2 is 1.76 bits per heavy atom. The lowest BCUT2D eigenvalue weighted by Crippen LogP contribution is -2.41. The third-order valence-electron chi connectivity index (χ3n) is 3.87. The Bertz CT molecular complexity index is 422. The Balaban J connectivity index is 3.06. The lowest BCUT2D eigenvalue weighted by atomic mass is 9.94. The van der Waals surface area contributed by atoms with Gasteiger partial charge in [0.2, 0.25) is 0 Å². The normalized spacial score (nSPS) is 11.8. The zero-order valence-corrected chi connectivity index (χ0v) is 14.0. The molecule has 120 valence electrons. The number of hydrogen-bond donors (Lipinski definition) is 3. The van der Waals surface area contributed by atoms with Gasteiger partial charge in [0.15, 0.2) is 0 Å². The van der Waals surface area contributed by atoms with Crippen molar-refractivity contribution >= 4 is 11.6 Å². The van der Waals surface area contributed by atoms with Crippen molar-refractivity contribution in [2.75, 3.05) is 23.8 Å². The third kappa shape index (κ3) is 4.84. The standard InChI is InChI=1S/C16H30N4O/c1-6-9-17-13-10-14(19-15(18-13)12(4)5)20-16(7-2,8-3)11-21/h10,12,21H,6-9,11H2,1-5H3,(H2,17,18,19,20). The zero-order valence-electron chi connectivity index (χ0n) is 14.0. The number of hydrogen-bond acceptors (Lipinski definition) is 5. The molecule has 0 fully saturated rings. The second-order valence-electron chi connectivity index (χ2n) is 5.85. The smallest absolute Gasteiger partial charge is 0.135 e. The van der Waals surface area contributed by atoms with E-state index in [9.17, 15) is 5.11 Å². The Morgan fingerprint density at radius 3 is 2.24 bits per heavy atom. The molecule has 0 atom stereocenters. The summed E-state index contributed by atoms with van der Waals surface area (Å²) in [6.45, 7) is 11.4. The summed E-state index contributed by atoms with van der Waals surface area (Å²) >= 11 is 0. The van der Waals surface area contributed by atoms with Crippen LogP contribution in [0.1, 0.15) is 65.6 Å². The number of nitrogens with one attached hydrogen (secondary N) is 2. The van der Waals surface area contributed by atoms with Gasteiger partial charge in [-0.25, -0.2) is 9.97 Å². The van der Waals surface area contributed by atoms with Crippen molar-refractivity contribution in [1.29, 1.82) is 0 Å². The van der Waals surface area contributed by atoms with Crippen LogP contribution in [-0.4, -0.2) is 33.8 Å². The van der Waals surface area contributed by atoms with Crippen LogP contribution < -0.4 is 10.6 Å². The van der Waals surface area contributed by atoms with Gasteiger partial charge in [-0.3, -0.25) is 0 Å². The highest BCUT2D eigenvalue weighted by atomic mass is 16.3. The van der Waals surface area contributed by atoms with Gasteiger partial charge in [-0.15, -0.1) is 0 Å². The largest absolute Gasteiger partial charge is 0.394 e. The maximum absolute atomic E-state index is 9.71. The molecule has 5 nitrogen and oxygen atoms in total. The highest BCUT2D eigenvalue weighted by Gasteiger charge is 2.25. The quantitative estimate of drug-likeness (QED) is 0.651. The lowest BCUT2D eigenvalue weighted by molar-refractivity contribution is 0.202. The Kier molecular flexibility index (Phi) is 6.89. The van der Waals surface area contributed by atoms with Gasteiger partial charge < -0.3 is 15.7 Å². The van der Waals surface area contributed by atoms with Crippen LogP contribution >= 0.6 is 0 Å². The van der Waals surface area contributed by atoms with Gasteiger partial charge >= 0.3 is 0 Å². The van der Waals surface area contributed by atoms with Gasteiger partial charge in [0.05, 0.1) is 12.1 Å². The summed E-state index contributed by atoms with van der Waals surface area (Å²) in [4.78, 5) is 9.15. The summed E-state index contributed by atoms with van der Waals surface area (Å²) in [6, 6.07) is 1.93. The van der Waals surface area contributed by atoms with Gasteiger partial charge in [0.25, 0.3) is 0 Å². The average Bonchev–Trinajstić information content (AvgIpc) is 2.50. The number of anilines is 2. The summed E-state index contributed by atoms with van der Waals surface area (Å²) < 4.78 is 0. The molecule has 3 N–H and O–H groups in total. The van der Waals surface area contributed by atoms with E-state index in [0.717, 1.165) is 43.3 Å². The first-order valence-corrected chi connectivity index (χ1v) is 8.02. The maximum atomic E-state index is 9.71. The van der Waals surface area contributed by atoms with E-state index in [-0.39, 0.29) is 18.1 Å². The van der Waals surface area contributed by atoms with Crippen LogP contribution in [0.3, 0.4) is 0 Å². The molecule has 0 bridgehead atoms. The van der Waals surface area contributed by atoms with Crippen molar-refractivity contribution in [3.05, 3.63) is 11.9 Å². The van der Waals surface area contributed by atoms with Crippen molar-refractivity contribution < 1.29 is 5.11 Å². The SMILES string of the molecule is CCCNc1cc(NC(CC)(CC)CO)nc(C(C)C)n1. The monoisotopic (exact) mass is 294 g/mol. The first kappa shape index (κ1) is 17.7. The van der Waals surface area contributed by atoms with E-state index >= 15 is 0 Å². The van der Waals surface area contributed by atoms with Crippen LogP contribution in [0.4, 0.5) is 11.6 Å². The minimum atomic E-state index is -0.315. The van der Waals surface area contributed by atoms with E-state index in [0.29, 0.717) is 0 Å². The number of aromatic nitrogens is 2. The molecule has 21 heavy (non-hydrogen) atoms. The fourth-order valence-corrected chi connectivity index (χ4v) is 2.09. The summed E-state index contributed by atoms with van der Waals surface area (Å²) in [5, 5.41) is 16.4. The average molecular weight is 294 g/mol. The second kappa shape index (κ2) is 8.17. The molecule has 5 heteroatoms. The minimum absolute atomic E-state index is 0.0960. The summed E-state index contributed by atoms with van der Waals surface area (Å²) in [6.07, 6.45) is 2.74. The van der Waals surface area contributed by atoms with Crippen LogP contribution in [0, 0.1) is 0 Å². The van der Waals surface area contributed by atoms with Crippen molar-refractivity contribution in [2.24, 2.45) is 0 Å². The third-order valence-corrected chi connectivity index (χ3v) is 3.87. The van der Waals surface area contributed by atoms with Gasteiger partial charge in [-0.2, -0.15) is 0 Å². The summed E-state index contributed by atoms with van der Waals surface area (Å²) in [7, 11) is 0. The van der Waals surface area contributed by atoms with Gasteiger partial charge in [0.1, 0.15) is 17.5 Å². The number of aliphatic hydroxyl groups is 1. The Morgan fingerprint density at radius 1 is 1.14 bits per heavy atom. The van der Waals surface area contributed by atoms with E-state index in [1.165, 1.54) is 0 Å². The molecule has 0 saturated carbocycles. The molecule has 1 aromatic heterocycles. The highest BCUT2D eigenvalue weighted by molar-refractivity contribution is 5.49. The fourth-order valence-electron chi connectivity index (χ4n) is 2.09. The predicted molar refractivity (Wildman–Crippen MR) is 88.9 cm³/mol. The lowest BCUT2D eigenvalue weighted by Gasteiger charge is -2.31. The van der Waals surface area contributed by atoms with Gasteiger partial charge in [-0.05, 0) is 19.3 Å². The molecule has 0 radical (unpaired) electrons. The Labute approximate surface area is 128 Å². The van der Waals surface area contributed by atoms with Crippen LogP contribution in [0.25, 0.3) is 0 Å². The molecule has 0 spiro atoms. The molecule has 0 amide bonds. The van der Waals surface area contributed by atoms with Crippen LogP contribution in [0.2, 0.25) is 0 Å². The van der Waals surface area contributed by atoms with Crippen molar-refractivity contribution in [3.63, 3.8) is 0 Å². The number of rotatable bonds is 9. The van der Waals surface area contributed by atoms with E-state index in [1.807, 2.05) is 6.07 Å². The molecular formula is C16H30N4O. The molecule has 0 saturated heterocycles. The van der Waals surface area contributed by atoms with E-state index < -0.39 is 0 Å². The number of aliphatic hydroxyl groups excluding tert-OH is 1. The Hall–Kier alpha value is -1.36. The van der Waals surface area contributed by atoms with E-state index in [2.05, 4.69) is 55.2 Å². The van der Waals surface area contributed by atoms with Crippen molar-refractivity contribution in [1.82, 2.24) is 9.97 Å². The zero-order chi connectivity index (χ0) is 15.9. The molecule has 1 aromatic rings. The molecular weight excluding hydrogens is 264 g/mol.